The van der Waals surface area contributed by atoms with Gasteiger partial charge in [0.2, 0.25) is 5.91 Å². The molecule has 1 aromatic heterocycles. The van der Waals surface area contributed by atoms with E-state index in [0.29, 0.717) is 12.2 Å². The number of nitrogens with zero attached hydrogens (tertiary/aromatic N) is 1. The van der Waals surface area contributed by atoms with Gasteiger partial charge in [0.1, 0.15) is 5.82 Å². The standard InChI is InChI=1S/C21H21N3O/c1-15-6-5-8-17(12-15)13-21(25)24-20-11-10-18(14-22-20)23-19-9-4-3-7-16(19)2/h3-12,14,23H,13H2,1-2H3,(H,22,24,25). The number of rotatable bonds is 5. The van der Waals surface area contributed by atoms with Crippen molar-refractivity contribution in [1.29, 1.82) is 0 Å². The van der Waals surface area contributed by atoms with E-state index in [-0.39, 0.29) is 5.91 Å². The predicted octanol–water partition coefficient (Wildman–Crippen LogP) is 4.62. The highest BCUT2D eigenvalue weighted by atomic mass is 16.1. The molecule has 1 amide bonds. The molecular formula is C21H21N3O. The number of aryl methyl sites for hydroxylation is 2. The summed E-state index contributed by atoms with van der Waals surface area (Å²) < 4.78 is 0. The number of para-hydroxylation sites is 1. The Bertz CT molecular complexity index is 872. The van der Waals surface area contributed by atoms with Crippen molar-refractivity contribution in [2.24, 2.45) is 0 Å². The highest BCUT2D eigenvalue weighted by molar-refractivity contribution is 5.91. The van der Waals surface area contributed by atoms with Crippen LogP contribution in [0.15, 0.2) is 66.9 Å². The zero-order chi connectivity index (χ0) is 17.6. The molecular weight excluding hydrogens is 310 g/mol. The van der Waals surface area contributed by atoms with E-state index in [2.05, 4.69) is 28.6 Å². The number of amides is 1. The van der Waals surface area contributed by atoms with Crippen LogP contribution >= 0.6 is 0 Å². The van der Waals surface area contributed by atoms with Crippen LogP contribution in [-0.2, 0) is 11.2 Å². The monoisotopic (exact) mass is 331 g/mol. The van der Waals surface area contributed by atoms with Gasteiger partial charge in [0.25, 0.3) is 0 Å². The van der Waals surface area contributed by atoms with E-state index in [9.17, 15) is 4.79 Å². The molecule has 0 saturated carbocycles. The number of aromatic nitrogens is 1. The maximum absolute atomic E-state index is 12.1. The SMILES string of the molecule is Cc1cccc(CC(=O)Nc2ccc(Nc3ccccc3C)cn2)c1. The summed E-state index contributed by atoms with van der Waals surface area (Å²) >= 11 is 0. The molecule has 0 unspecified atom stereocenters. The van der Waals surface area contributed by atoms with E-state index in [1.165, 1.54) is 0 Å². The lowest BCUT2D eigenvalue weighted by Gasteiger charge is -2.10. The van der Waals surface area contributed by atoms with Gasteiger partial charge in [0, 0.05) is 5.69 Å². The van der Waals surface area contributed by atoms with Crippen molar-refractivity contribution in [2.45, 2.75) is 20.3 Å². The molecule has 4 nitrogen and oxygen atoms in total. The van der Waals surface area contributed by atoms with Gasteiger partial charge in [-0.2, -0.15) is 0 Å². The van der Waals surface area contributed by atoms with Crippen molar-refractivity contribution in [3.8, 4) is 0 Å². The molecule has 126 valence electrons. The molecule has 0 fully saturated rings. The molecule has 3 aromatic rings. The third-order valence-electron chi connectivity index (χ3n) is 3.90. The normalized spacial score (nSPS) is 10.3. The van der Waals surface area contributed by atoms with Crippen molar-refractivity contribution < 1.29 is 4.79 Å². The molecule has 3 rings (SSSR count). The number of carbonyl (C=O) groups is 1. The van der Waals surface area contributed by atoms with Crippen LogP contribution in [0.1, 0.15) is 16.7 Å². The second kappa shape index (κ2) is 7.62. The van der Waals surface area contributed by atoms with Gasteiger partial charge in [0.15, 0.2) is 0 Å². The fraction of sp³-hybridized carbons (Fsp3) is 0.143. The number of anilines is 3. The van der Waals surface area contributed by atoms with Gasteiger partial charge in [-0.15, -0.1) is 0 Å². The molecule has 0 saturated heterocycles. The second-order valence-corrected chi connectivity index (χ2v) is 6.09. The van der Waals surface area contributed by atoms with Gasteiger partial charge in [-0.05, 0) is 43.2 Å². The zero-order valence-corrected chi connectivity index (χ0v) is 14.4. The van der Waals surface area contributed by atoms with Crippen LogP contribution in [0.5, 0.6) is 0 Å². The minimum Gasteiger partial charge on any atom is -0.354 e. The first-order valence-electron chi connectivity index (χ1n) is 8.24. The maximum Gasteiger partial charge on any atom is 0.229 e. The summed E-state index contributed by atoms with van der Waals surface area (Å²) in [6, 6.07) is 19.7. The lowest BCUT2D eigenvalue weighted by molar-refractivity contribution is -0.115. The summed E-state index contributed by atoms with van der Waals surface area (Å²) in [6.45, 7) is 4.07. The van der Waals surface area contributed by atoms with E-state index in [0.717, 1.165) is 28.1 Å². The topological polar surface area (TPSA) is 54.0 Å². The molecule has 0 spiro atoms. The van der Waals surface area contributed by atoms with Gasteiger partial charge < -0.3 is 10.6 Å². The number of hydrogen-bond acceptors (Lipinski definition) is 3. The quantitative estimate of drug-likeness (QED) is 0.717. The molecule has 1 heterocycles. The van der Waals surface area contributed by atoms with E-state index in [1.54, 1.807) is 12.3 Å². The molecule has 0 bridgehead atoms. The van der Waals surface area contributed by atoms with Crippen molar-refractivity contribution in [3.05, 3.63) is 83.6 Å². The highest BCUT2D eigenvalue weighted by Gasteiger charge is 2.06. The number of pyridine rings is 1. The van der Waals surface area contributed by atoms with Crippen molar-refractivity contribution in [3.63, 3.8) is 0 Å². The Labute approximate surface area is 147 Å². The fourth-order valence-electron chi connectivity index (χ4n) is 2.60. The molecule has 0 radical (unpaired) electrons. The van der Waals surface area contributed by atoms with Gasteiger partial charge in [-0.25, -0.2) is 4.98 Å². The van der Waals surface area contributed by atoms with Crippen LogP contribution in [0, 0.1) is 13.8 Å². The number of carbonyl (C=O) groups excluding carboxylic acids is 1. The summed E-state index contributed by atoms with van der Waals surface area (Å²) in [4.78, 5) is 16.5. The molecule has 4 heteroatoms. The Morgan fingerprint density at radius 1 is 1.00 bits per heavy atom. The van der Waals surface area contributed by atoms with Crippen LogP contribution in [-0.4, -0.2) is 10.9 Å². The Hall–Kier alpha value is -3.14. The Morgan fingerprint density at radius 2 is 1.84 bits per heavy atom. The Balaban J connectivity index is 1.60. The van der Waals surface area contributed by atoms with Crippen LogP contribution < -0.4 is 10.6 Å². The van der Waals surface area contributed by atoms with Crippen LogP contribution in [0.25, 0.3) is 0 Å². The lowest BCUT2D eigenvalue weighted by atomic mass is 10.1. The second-order valence-electron chi connectivity index (χ2n) is 6.09. The minimum absolute atomic E-state index is 0.0716. The molecule has 25 heavy (non-hydrogen) atoms. The van der Waals surface area contributed by atoms with Gasteiger partial charge in [-0.3, -0.25) is 4.79 Å². The largest absolute Gasteiger partial charge is 0.354 e. The Morgan fingerprint density at radius 3 is 2.56 bits per heavy atom. The highest BCUT2D eigenvalue weighted by Crippen LogP contribution is 2.20. The number of nitrogens with one attached hydrogen (secondary N) is 2. The number of hydrogen-bond donors (Lipinski definition) is 2. The first-order chi connectivity index (χ1) is 12.1. The predicted molar refractivity (Wildman–Crippen MR) is 102 cm³/mol. The molecule has 0 aliphatic carbocycles. The summed E-state index contributed by atoms with van der Waals surface area (Å²) in [5.74, 6) is 0.477. The number of benzene rings is 2. The third-order valence-corrected chi connectivity index (χ3v) is 3.90. The summed E-state index contributed by atoms with van der Waals surface area (Å²) in [7, 11) is 0. The Kier molecular flexibility index (Phi) is 5.09. The molecule has 2 N–H and O–H groups in total. The average molecular weight is 331 g/mol. The van der Waals surface area contributed by atoms with E-state index < -0.39 is 0 Å². The van der Waals surface area contributed by atoms with Gasteiger partial charge in [-0.1, -0.05) is 48.0 Å². The zero-order valence-electron chi connectivity index (χ0n) is 14.4. The molecule has 0 aliphatic rings. The van der Waals surface area contributed by atoms with Crippen molar-refractivity contribution in [2.75, 3.05) is 10.6 Å². The maximum atomic E-state index is 12.1. The van der Waals surface area contributed by atoms with Crippen LogP contribution in [0.3, 0.4) is 0 Å². The van der Waals surface area contributed by atoms with Crippen molar-refractivity contribution in [1.82, 2.24) is 4.98 Å². The summed E-state index contributed by atoms with van der Waals surface area (Å²) in [5, 5.41) is 6.16. The van der Waals surface area contributed by atoms with E-state index >= 15 is 0 Å². The first-order valence-corrected chi connectivity index (χ1v) is 8.24. The van der Waals surface area contributed by atoms with Crippen LogP contribution in [0.4, 0.5) is 17.2 Å². The summed E-state index contributed by atoms with van der Waals surface area (Å²) in [5.41, 5.74) is 5.23. The van der Waals surface area contributed by atoms with Crippen LogP contribution in [0.2, 0.25) is 0 Å². The molecule has 2 aromatic carbocycles. The third kappa shape index (κ3) is 4.67. The lowest BCUT2D eigenvalue weighted by Crippen LogP contribution is -2.15. The van der Waals surface area contributed by atoms with Gasteiger partial charge >= 0.3 is 0 Å². The fourth-order valence-corrected chi connectivity index (χ4v) is 2.60. The van der Waals surface area contributed by atoms with Crippen molar-refractivity contribution >= 4 is 23.1 Å². The van der Waals surface area contributed by atoms with Gasteiger partial charge in [0.05, 0.1) is 18.3 Å². The molecule has 0 atom stereocenters. The smallest absolute Gasteiger partial charge is 0.229 e. The first kappa shape index (κ1) is 16.7. The minimum atomic E-state index is -0.0716. The molecule has 0 aliphatic heterocycles. The summed E-state index contributed by atoms with van der Waals surface area (Å²) in [6.07, 6.45) is 2.06. The van der Waals surface area contributed by atoms with E-state index in [1.807, 2.05) is 55.5 Å². The average Bonchev–Trinajstić information content (AvgIpc) is 2.58. The van der Waals surface area contributed by atoms with E-state index in [4.69, 9.17) is 0 Å².